The Balaban J connectivity index is 2.17. The lowest BCUT2D eigenvalue weighted by Crippen LogP contribution is -2.40. The molecule has 1 aromatic rings. The molecule has 1 aliphatic heterocycles. The van der Waals surface area contributed by atoms with E-state index in [0.717, 1.165) is 5.51 Å². The zero-order valence-electron chi connectivity index (χ0n) is 9.28. The van der Waals surface area contributed by atoms with Crippen LogP contribution in [0.25, 0.3) is 0 Å². The molecular weight excluding hydrogens is 269 g/mol. The van der Waals surface area contributed by atoms with E-state index in [9.17, 15) is 23.1 Å². The maximum absolute atomic E-state index is 12.6. The molecule has 0 saturated carbocycles. The number of carbonyl (C=O) groups is 1. The van der Waals surface area contributed by atoms with E-state index in [1.807, 2.05) is 0 Å². The first-order chi connectivity index (χ1) is 8.39. The predicted molar refractivity (Wildman–Crippen MR) is 58.3 cm³/mol. The second-order valence-electron chi connectivity index (χ2n) is 4.05. The highest BCUT2D eigenvalue weighted by Gasteiger charge is 2.39. The Kier molecular flexibility index (Phi) is 3.58. The molecule has 0 unspecified atom stereocenters. The van der Waals surface area contributed by atoms with Gasteiger partial charge >= 0.3 is 6.18 Å². The van der Waals surface area contributed by atoms with Crippen molar-refractivity contribution >= 4 is 17.2 Å². The Hall–Kier alpha value is -1.15. The number of nitrogens with zero attached hydrogens (tertiary/aromatic N) is 2. The van der Waals surface area contributed by atoms with E-state index in [1.165, 1.54) is 4.90 Å². The van der Waals surface area contributed by atoms with Gasteiger partial charge < -0.3 is 10.0 Å². The number of carbonyl (C=O) groups excluding carboxylic acids is 1. The molecule has 0 atom stereocenters. The van der Waals surface area contributed by atoms with Gasteiger partial charge in [0.05, 0.1) is 11.6 Å². The number of aliphatic hydroxyl groups excluding tert-OH is 1. The fourth-order valence-corrected chi connectivity index (χ4v) is 2.59. The summed E-state index contributed by atoms with van der Waals surface area (Å²) in [6.45, 7) is 0.546. The highest BCUT2D eigenvalue weighted by Crippen LogP contribution is 2.33. The summed E-state index contributed by atoms with van der Waals surface area (Å²) in [4.78, 5) is 16.1. The zero-order valence-corrected chi connectivity index (χ0v) is 10.1. The molecule has 1 amide bonds. The summed E-state index contributed by atoms with van der Waals surface area (Å²) < 4.78 is 37.8. The standard InChI is InChI=1S/C10H11F3N2O2S/c11-10(12,13)8-7(18-5-14-8)9(17)15-3-1-6(16)2-4-15/h5-6,16H,1-4H2. The van der Waals surface area contributed by atoms with Crippen LogP contribution in [0.1, 0.15) is 28.2 Å². The fourth-order valence-electron chi connectivity index (χ4n) is 1.81. The van der Waals surface area contributed by atoms with Crippen LogP contribution in [0.3, 0.4) is 0 Å². The molecule has 0 radical (unpaired) electrons. The number of halogens is 3. The number of rotatable bonds is 1. The minimum Gasteiger partial charge on any atom is -0.393 e. The molecule has 100 valence electrons. The molecule has 0 aliphatic carbocycles. The molecule has 2 heterocycles. The molecule has 1 aromatic heterocycles. The van der Waals surface area contributed by atoms with Crippen LogP contribution >= 0.6 is 11.3 Å². The van der Waals surface area contributed by atoms with Gasteiger partial charge in [0, 0.05) is 13.1 Å². The Labute approximate surface area is 105 Å². The SMILES string of the molecule is O=C(c1scnc1C(F)(F)F)N1CCC(O)CC1. The average Bonchev–Trinajstić information content (AvgIpc) is 2.77. The second-order valence-corrected chi connectivity index (χ2v) is 4.91. The highest BCUT2D eigenvalue weighted by molar-refractivity contribution is 7.11. The molecule has 2 rings (SSSR count). The second kappa shape index (κ2) is 4.85. The number of likely N-dealkylation sites (tertiary alicyclic amines) is 1. The van der Waals surface area contributed by atoms with Crippen molar-refractivity contribution in [2.75, 3.05) is 13.1 Å². The third kappa shape index (κ3) is 2.64. The molecule has 0 spiro atoms. The smallest absolute Gasteiger partial charge is 0.393 e. The molecule has 8 heteroatoms. The van der Waals surface area contributed by atoms with Crippen LogP contribution in [0.2, 0.25) is 0 Å². The molecule has 4 nitrogen and oxygen atoms in total. The molecule has 1 fully saturated rings. The van der Waals surface area contributed by atoms with E-state index in [0.29, 0.717) is 24.2 Å². The number of hydrogen-bond acceptors (Lipinski definition) is 4. The number of thiazole rings is 1. The molecule has 0 aromatic carbocycles. The first-order valence-electron chi connectivity index (χ1n) is 5.37. The van der Waals surface area contributed by atoms with E-state index in [2.05, 4.69) is 4.98 Å². The van der Waals surface area contributed by atoms with Crippen molar-refractivity contribution < 1.29 is 23.1 Å². The maximum Gasteiger partial charge on any atom is 0.434 e. The van der Waals surface area contributed by atoms with Crippen molar-refractivity contribution in [1.82, 2.24) is 9.88 Å². The summed E-state index contributed by atoms with van der Waals surface area (Å²) in [6.07, 6.45) is -4.30. The summed E-state index contributed by atoms with van der Waals surface area (Å²) in [6, 6.07) is 0. The Morgan fingerprint density at radius 3 is 2.61 bits per heavy atom. The van der Waals surface area contributed by atoms with Crippen LogP contribution in [0.4, 0.5) is 13.2 Å². The lowest BCUT2D eigenvalue weighted by atomic mass is 10.1. The minimum atomic E-state index is -4.61. The Bertz CT molecular complexity index is 439. The monoisotopic (exact) mass is 280 g/mol. The van der Waals surface area contributed by atoms with Crippen molar-refractivity contribution in [3.8, 4) is 0 Å². The quantitative estimate of drug-likeness (QED) is 0.853. The topological polar surface area (TPSA) is 53.4 Å². The van der Waals surface area contributed by atoms with Gasteiger partial charge in [0.1, 0.15) is 4.88 Å². The van der Waals surface area contributed by atoms with Gasteiger partial charge in [0.25, 0.3) is 5.91 Å². The number of alkyl halides is 3. The third-order valence-corrected chi connectivity index (χ3v) is 3.60. The first-order valence-corrected chi connectivity index (χ1v) is 6.25. The van der Waals surface area contributed by atoms with Crippen LogP contribution in [0, 0.1) is 0 Å². The van der Waals surface area contributed by atoms with Crippen molar-refractivity contribution in [3.63, 3.8) is 0 Å². The molecule has 18 heavy (non-hydrogen) atoms. The zero-order chi connectivity index (χ0) is 13.3. The maximum atomic E-state index is 12.6. The van der Waals surface area contributed by atoms with Crippen LogP contribution in [0.5, 0.6) is 0 Å². The number of aromatic nitrogens is 1. The first kappa shape index (κ1) is 13.3. The average molecular weight is 280 g/mol. The van der Waals surface area contributed by atoms with Gasteiger partial charge in [-0.25, -0.2) is 4.98 Å². The van der Waals surface area contributed by atoms with Gasteiger partial charge in [0.2, 0.25) is 0 Å². The predicted octanol–water partition coefficient (Wildman–Crippen LogP) is 1.76. The normalized spacial score (nSPS) is 18.1. The van der Waals surface area contributed by atoms with Gasteiger partial charge in [0.15, 0.2) is 5.69 Å². The van der Waals surface area contributed by atoms with E-state index in [1.54, 1.807) is 0 Å². The highest BCUT2D eigenvalue weighted by atomic mass is 32.1. The van der Waals surface area contributed by atoms with Gasteiger partial charge in [-0.15, -0.1) is 11.3 Å². The molecule has 0 bridgehead atoms. The number of piperidine rings is 1. The summed E-state index contributed by atoms with van der Waals surface area (Å²) >= 11 is 0.694. The van der Waals surface area contributed by atoms with Crippen LogP contribution in [0.15, 0.2) is 5.51 Å². The molecule has 1 saturated heterocycles. The lowest BCUT2D eigenvalue weighted by molar-refractivity contribution is -0.141. The number of hydrogen-bond donors (Lipinski definition) is 1. The summed E-state index contributed by atoms with van der Waals surface area (Å²) in [5, 5.41) is 9.30. The summed E-state index contributed by atoms with van der Waals surface area (Å²) in [5.41, 5.74) is -0.0990. The number of aliphatic hydroxyl groups is 1. The number of amides is 1. The summed E-state index contributed by atoms with van der Waals surface area (Å²) in [7, 11) is 0. The Morgan fingerprint density at radius 1 is 1.44 bits per heavy atom. The molecule has 1 N–H and O–H groups in total. The van der Waals surface area contributed by atoms with Crippen LogP contribution < -0.4 is 0 Å². The van der Waals surface area contributed by atoms with Crippen molar-refractivity contribution in [2.24, 2.45) is 0 Å². The van der Waals surface area contributed by atoms with Gasteiger partial charge in [-0.1, -0.05) is 0 Å². The van der Waals surface area contributed by atoms with E-state index < -0.39 is 23.9 Å². The van der Waals surface area contributed by atoms with E-state index in [-0.39, 0.29) is 18.0 Å². The largest absolute Gasteiger partial charge is 0.434 e. The van der Waals surface area contributed by atoms with E-state index in [4.69, 9.17) is 0 Å². The van der Waals surface area contributed by atoms with Gasteiger partial charge in [-0.05, 0) is 12.8 Å². The summed E-state index contributed by atoms with van der Waals surface area (Å²) in [5.74, 6) is -0.656. The van der Waals surface area contributed by atoms with Crippen LogP contribution in [-0.4, -0.2) is 40.1 Å². The fraction of sp³-hybridized carbons (Fsp3) is 0.600. The Morgan fingerprint density at radius 2 is 2.06 bits per heavy atom. The molecule has 1 aliphatic rings. The van der Waals surface area contributed by atoms with Gasteiger partial charge in [-0.3, -0.25) is 4.79 Å². The molecular formula is C10H11F3N2O2S. The van der Waals surface area contributed by atoms with Crippen molar-refractivity contribution in [3.05, 3.63) is 16.1 Å². The van der Waals surface area contributed by atoms with Crippen LogP contribution in [-0.2, 0) is 6.18 Å². The lowest BCUT2D eigenvalue weighted by Gasteiger charge is -2.29. The minimum absolute atomic E-state index is 0.273. The van der Waals surface area contributed by atoms with Crippen molar-refractivity contribution in [2.45, 2.75) is 25.1 Å². The third-order valence-electron chi connectivity index (χ3n) is 2.78. The van der Waals surface area contributed by atoms with Gasteiger partial charge in [-0.2, -0.15) is 13.2 Å². The van der Waals surface area contributed by atoms with Crippen molar-refractivity contribution in [1.29, 1.82) is 0 Å². The van der Waals surface area contributed by atoms with E-state index >= 15 is 0 Å².